The molecule has 2 nitrogen and oxygen atoms in total. The highest BCUT2D eigenvalue weighted by atomic mass is 79.9. The SMILES string of the molecule is Cc1c(Br)cccc1-n1c(=S)[nH]c2ccc(F)c(F)c21. The molecule has 1 aromatic heterocycles. The summed E-state index contributed by atoms with van der Waals surface area (Å²) in [6.07, 6.45) is 0. The van der Waals surface area contributed by atoms with Gasteiger partial charge in [0.15, 0.2) is 16.4 Å². The molecule has 0 fully saturated rings. The van der Waals surface area contributed by atoms with Gasteiger partial charge in [-0.25, -0.2) is 8.78 Å². The van der Waals surface area contributed by atoms with E-state index in [-0.39, 0.29) is 5.52 Å². The monoisotopic (exact) mass is 354 g/mol. The minimum absolute atomic E-state index is 0.121. The molecular weight excluding hydrogens is 346 g/mol. The summed E-state index contributed by atoms with van der Waals surface area (Å²) >= 11 is 8.67. The van der Waals surface area contributed by atoms with E-state index >= 15 is 0 Å². The van der Waals surface area contributed by atoms with Crippen molar-refractivity contribution in [3.05, 3.63) is 56.8 Å². The molecule has 0 aliphatic rings. The van der Waals surface area contributed by atoms with E-state index < -0.39 is 11.6 Å². The molecular formula is C14H9BrF2N2S. The van der Waals surface area contributed by atoms with Crippen LogP contribution in [-0.2, 0) is 0 Å². The third-order valence-corrected chi connectivity index (χ3v) is 4.36. The third kappa shape index (κ3) is 1.91. The van der Waals surface area contributed by atoms with Gasteiger partial charge in [0, 0.05) is 4.47 Å². The van der Waals surface area contributed by atoms with E-state index in [1.807, 2.05) is 25.1 Å². The van der Waals surface area contributed by atoms with E-state index in [1.54, 1.807) is 0 Å². The van der Waals surface area contributed by atoms with Gasteiger partial charge in [-0.15, -0.1) is 0 Å². The van der Waals surface area contributed by atoms with E-state index in [9.17, 15) is 8.78 Å². The van der Waals surface area contributed by atoms with Crippen molar-refractivity contribution in [3.8, 4) is 5.69 Å². The number of aromatic nitrogens is 2. The van der Waals surface area contributed by atoms with Crippen molar-refractivity contribution in [2.24, 2.45) is 0 Å². The van der Waals surface area contributed by atoms with E-state index in [0.717, 1.165) is 16.1 Å². The zero-order valence-corrected chi connectivity index (χ0v) is 12.8. The highest BCUT2D eigenvalue weighted by Crippen LogP contribution is 2.28. The van der Waals surface area contributed by atoms with Crippen LogP contribution < -0.4 is 0 Å². The number of nitrogens with zero attached hydrogens (tertiary/aromatic N) is 1. The maximum absolute atomic E-state index is 14.1. The first-order valence-electron chi connectivity index (χ1n) is 5.85. The molecule has 0 unspecified atom stereocenters. The standard InChI is InChI=1S/C14H9BrF2N2S/c1-7-8(15)3-2-4-11(7)19-13-10(18-14(19)20)6-5-9(16)12(13)17/h2-6H,1H3,(H,18,20). The molecule has 0 aliphatic carbocycles. The molecule has 102 valence electrons. The Hall–Kier alpha value is -1.53. The van der Waals surface area contributed by atoms with Gasteiger partial charge < -0.3 is 4.98 Å². The van der Waals surface area contributed by atoms with Gasteiger partial charge in [-0.2, -0.15) is 0 Å². The van der Waals surface area contributed by atoms with Gasteiger partial charge >= 0.3 is 0 Å². The molecule has 0 aliphatic heterocycles. The maximum Gasteiger partial charge on any atom is 0.184 e. The molecule has 3 rings (SSSR count). The molecule has 2 aromatic carbocycles. The predicted molar refractivity (Wildman–Crippen MR) is 80.8 cm³/mol. The van der Waals surface area contributed by atoms with Crippen LogP contribution in [-0.4, -0.2) is 9.55 Å². The van der Waals surface area contributed by atoms with Crippen LogP contribution in [0.1, 0.15) is 5.56 Å². The lowest BCUT2D eigenvalue weighted by atomic mass is 10.2. The first kappa shape index (κ1) is 13.5. The number of fused-ring (bicyclic) bond motifs is 1. The normalized spacial score (nSPS) is 11.2. The number of hydrogen-bond donors (Lipinski definition) is 1. The molecule has 0 amide bonds. The molecule has 1 heterocycles. The van der Waals surface area contributed by atoms with Crippen LogP contribution in [0.15, 0.2) is 34.8 Å². The Morgan fingerprint density at radius 1 is 1.20 bits per heavy atom. The number of H-pyrrole nitrogens is 1. The van der Waals surface area contributed by atoms with Crippen molar-refractivity contribution in [2.45, 2.75) is 6.92 Å². The van der Waals surface area contributed by atoms with Crippen molar-refractivity contribution in [1.29, 1.82) is 0 Å². The minimum Gasteiger partial charge on any atom is -0.330 e. The van der Waals surface area contributed by atoms with Crippen LogP contribution in [0.25, 0.3) is 16.7 Å². The highest BCUT2D eigenvalue weighted by molar-refractivity contribution is 9.10. The molecule has 0 radical (unpaired) electrons. The zero-order valence-electron chi connectivity index (χ0n) is 10.4. The van der Waals surface area contributed by atoms with Crippen LogP contribution in [0.3, 0.4) is 0 Å². The highest BCUT2D eigenvalue weighted by Gasteiger charge is 2.16. The summed E-state index contributed by atoms with van der Waals surface area (Å²) in [4.78, 5) is 2.90. The lowest BCUT2D eigenvalue weighted by Crippen LogP contribution is -2.00. The van der Waals surface area contributed by atoms with Crippen molar-refractivity contribution < 1.29 is 8.78 Å². The molecule has 0 saturated carbocycles. The summed E-state index contributed by atoms with van der Waals surface area (Å²) < 4.78 is 30.3. The second-order valence-electron chi connectivity index (χ2n) is 4.41. The molecule has 3 aromatic rings. The Kier molecular flexibility index (Phi) is 3.22. The van der Waals surface area contributed by atoms with Gasteiger partial charge in [0.25, 0.3) is 0 Å². The Morgan fingerprint density at radius 2 is 1.95 bits per heavy atom. The fourth-order valence-electron chi connectivity index (χ4n) is 2.20. The number of aromatic amines is 1. The second kappa shape index (κ2) is 4.79. The van der Waals surface area contributed by atoms with Crippen molar-refractivity contribution in [2.75, 3.05) is 0 Å². The zero-order chi connectivity index (χ0) is 14.4. The molecule has 6 heteroatoms. The van der Waals surface area contributed by atoms with Gasteiger partial charge in [-0.3, -0.25) is 4.57 Å². The van der Waals surface area contributed by atoms with Crippen LogP contribution in [0.2, 0.25) is 0 Å². The minimum atomic E-state index is -0.908. The topological polar surface area (TPSA) is 20.7 Å². The lowest BCUT2D eigenvalue weighted by Gasteiger charge is -2.10. The van der Waals surface area contributed by atoms with E-state index in [4.69, 9.17) is 12.2 Å². The molecule has 20 heavy (non-hydrogen) atoms. The van der Waals surface area contributed by atoms with E-state index in [0.29, 0.717) is 16.0 Å². The van der Waals surface area contributed by atoms with Crippen LogP contribution in [0.5, 0.6) is 0 Å². The van der Waals surface area contributed by atoms with E-state index in [2.05, 4.69) is 20.9 Å². The van der Waals surface area contributed by atoms with Crippen LogP contribution in [0.4, 0.5) is 8.78 Å². The van der Waals surface area contributed by atoms with Crippen molar-refractivity contribution in [3.63, 3.8) is 0 Å². The first-order valence-corrected chi connectivity index (χ1v) is 7.05. The van der Waals surface area contributed by atoms with Crippen LogP contribution >= 0.6 is 28.1 Å². The Balaban J connectivity index is 2.48. The number of nitrogens with one attached hydrogen (secondary N) is 1. The second-order valence-corrected chi connectivity index (χ2v) is 5.65. The average molecular weight is 355 g/mol. The smallest absolute Gasteiger partial charge is 0.184 e. The van der Waals surface area contributed by atoms with Crippen LogP contribution in [0, 0.1) is 23.3 Å². The number of hydrogen-bond acceptors (Lipinski definition) is 1. The summed E-state index contributed by atoms with van der Waals surface area (Å²) in [5.41, 5.74) is 2.19. The number of halogens is 3. The van der Waals surface area contributed by atoms with Crippen molar-refractivity contribution >= 4 is 39.2 Å². The maximum atomic E-state index is 14.1. The van der Waals surface area contributed by atoms with E-state index in [1.165, 1.54) is 10.6 Å². The van der Waals surface area contributed by atoms with Crippen molar-refractivity contribution in [1.82, 2.24) is 9.55 Å². The van der Waals surface area contributed by atoms with Gasteiger partial charge in [0.1, 0.15) is 5.52 Å². The Morgan fingerprint density at radius 3 is 2.70 bits per heavy atom. The number of benzene rings is 2. The van der Waals surface area contributed by atoms with Gasteiger partial charge in [0.05, 0.1) is 11.2 Å². The summed E-state index contributed by atoms with van der Waals surface area (Å²) in [7, 11) is 0. The summed E-state index contributed by atoms with van der Waals surface area (Å²) in [5, 5.41) is 0. The fourth-order valence-corrected chi connectivity index (χ4v) is 2.86. The summed E-state index contributed by atoms with van der Waals surface area (Å²) in [6, 6.07) is 8.08. The third-order valence-electron chi connectivity index (χ3n) is 3.22. The largest absolute Gasteiger partial charge is 0.330 e. The molecule has 0 bridgehead atoms. The number of rotatable bonds is 1. The fraction of sp³-hybridized carbons (Fsp3) is 0.0714. The average Bonchev–Trinajstić information content (AvgIpc) is 2.75. The Bertz CT molecular complexity index is 883. The molecule has 1 N–H and O–H groups in total. The lowest BCUT2D eigenvalue weighted by molar-refractivity contribution is 0.514. The van der Waals surface area contributed by atoms with Gasteiger partial charge in [-0.1, -0.05) is 22.0 Å². The molecule has 0 spiro atoms. The predicted octanol–water partition coefficient (Wildman–Crippen LogP) is 5.04. The molecule has 0 saturated heterocycles. The Labute approximate surface area is 127 Å². The molecule has 0 atom stereocenters. The number of imidazole rings is 1. The first-order chi connectivity index (χ1) is 9.50. The van der Waals surface area contributed by atoms with Gasteiger partial charge in [-0.05, 0) is 49.0 Å². The summed E-state index contributed by atoms with van der Waals surface area (Å²) in [5.74, 6) is -1.80. The quantitative estimate of drug-likeness (QED) is 0.607. The summed E-state index contributed by atoms with van der Waals surface area (Å²) in [6.45, 7) is 1.89. The van der Waals surface area contributed by atoms with Gasteiger partial charge in [0.2, 0.25) is 0 Å².